The molecule has 1 spiro atoms. The van der Waals surface area contributed by atoms with Gasteiger partial charge in [-0.1, -0.05) is 36.4 Å². The second kappa shape index (κ2) is 6.72. The largest absolute Gasteiger partial charge is 0.504 e. The van der Waals surface area contributed by atoms with Gasteiger partial charge in [0.15, 0.2) is 11.5 Å². The van der Waals surface area contributed by atoms with Crippen molar-refractivity contribution in [2.24, 2.45) is 5.92 Å². The number of ether oxygens (including phenoxy) is 2. The molecule has 2 aliphatic heterocycles. The van der Waals surface area contributed by atoms with Crippen LogP contribution < -0.4 is 4.74 Å². The van der Waals surface area contributed by atoms with Gasteiger partial charge in [-0.25, -0.2) is 0 Å². The first-order valence-corrected chi connectivity index (χ1v) is 12.2. The van der Waals surface area contributed by atoms with Crippen molar-refractivity contribution in [1.82, 2.24) is 4.90 Å². The van der Waals surface area contributed by atoms with Crippen molar-refractivity contribution < 1.29 is 19.7 Å². The molecule has 5 aliphatic rings. The Morgan fingerprint density at radius 1 is 1.06 bits per heavy atom. The summed E-state index contributed by atoms with van der Waals surface area (Å²) >= 11 is 0. The molecule has 2 heterocycles. The van der Waals surface area contributed by atoms with Crippen molar-refractivity contribution in [1.29, 1.82) is 0 Å². The van der Waals surface area contributed by atoms with Crippen molar-refractivity contribution in [3.05, 3.63) is 59.2 Å². The van der Waals surface area contributed by atoms with Crippen LogP contribution in [0.2, 0.25) is 0 Å². The molecule has 5 atom stereocenters. The molecule has 0 aromatic heterocycles. The molecule has 1 saturated heterocycles. The highest BCUT2D eigenvalue weighted by Crippen LogP contribution is 2.65. The van der Waals surface area contributed by atoms with E-state index in [2.05, 4.69) is 23.1 Å². The SMILES string of the molecule is Oc1ccc2c3c1O[C@H]1C(OCc4ccccc4)CC[C@@]4(O)[C@@H](C2)N(CC2CC2)CC[C@]314. The normalized spacial score (nSPS) is 37.1. The molecular formula is C27H31NO4. The highest BCUT2D eigenvalue weighted by Gasteiger charge is 2.73. The van der Waals surface area contributed by atoms with E-state index in [0.717, 1.165) is 49.4 Å². The molecular weight excluding hydrogens is 402 g/mol. The van der Waals surface area contributed by atoms with Gasteiger partial charge in [0.1, 0.15) is 6.10 Å². The topological polar surface area (TPSA) is 62.2 Å². The van der Waals surface area contributed by atoms with E-state index in [0.29, 0.717) is 18.8 Å². The van der Waals surface area contributed by atoms with E-state index in [-0.39, 0.29) is 24.0 Å². The number of phenolic OH excluding ortho intramolecular Hbond substituents is 1. The number of nitrogens with zero attached hydrogens (tertiary/aromatic N) is 1. The Balaban J connectivity index is 1.29. The summed E-state index contributed by atoms with van der Waals surface area (Å²) in [5, 5.41) is 23.2. The van der Waals surface area contributed by atoms with Crippen molar-refractivity contribution in [3.8, 4) is 11.5 Å². The maximum atomic E-state index is 12.5. The number of aliphatic hydroxyl groups is 1. The molecule has 1 unspecified atom stereocenters. The molecule has 5 heteroatoms. The highest BCUT2D eigenvalue weighted by atomic mass is 16.6. The van der Waals surface area contributed by atoms with Crippen LogP contribution in [0, 0.1) is 5.92 Å². The zero-order chi connectivity index (χ0) is 21.5. The molecule has 168 valence electrons. The van der Waals surface area contributed by atoms with Gasteiger partial charge in [0.25, 0.3) is 0 Å². The van der Waals surface area contributed by atoms with Gasteiger partial charge in [-0.15, -0.1) is 0 Å². The predicted molar refractivity (Wildman–Crippen MR) is 120 cm³/mol. The number of hydrogen-bond acceptors (Lipinski definition) is 5. The van der Waals surface area contributed by atoms with Crippen LogP contribution in [-0.2, 0) is 23.2 Å². The van der Waals surface area contributed by atoms with Crippen molar-refractivity contribution in [3.63, 3.8) is 0 Å². The number of likely N-dealkylation sites (tertiary alicyclic amines) is 1. The number of rotatable bonds is 5. The second-order valence-electron chi connectivity index (χ2n) is 10.7. The molecule has 5 nitrogen and oxygen atoms in total. The molecule has 2 bridgehead atoms. The number of benzene rings is 2. The summed E-state index contributed by atoms with van der Waals surface area (Å²) in [6, 6.07) is 14.2. The molecule has 7 rings (SSSR count). The van der Waals surface area contributed by atoms with E-state index >= 15 is 0 Å². The Bertz CT molecular complexity index is 1050. The number of piperidine rings is 1. The third-order valence-electron chi connectivity index (χ3n) is 9.02. The first kappa shape index (κ1) is 19.4. The van der Waals surface area contributed by atoms with Gasteiger partial charge in [-0.3, -0.25) is 4.90 Å². The summed E-state index contributed by atoms with van der Waals surface area (Å²) in [5.74, 6) is 1.58. The van der Waals surface area contributed by atoms with Gasteiger partial charge in [0, 0.05) is 18.2 Å². The minimum atomic E-state index is -0.844. The van der Waals surface area contributed by atoms with Crippen LogP contribution in [0.15, 0.2) is 42.5 Å². The van der Waals surface area contributed by atoms with E-state index in [9.17, 15) is 10.2 Å². The molecule has 32 heavy (non-hydrogen) atoms. The average molecular weight is 434 g/mol. The fourth-order valence-corrected chi connectivity index (χ4v) is 7.38. The van der Waals surface area contributed by atoms with E-state index in [1.165, 1.54) is 18.4 Å². The van der Waals surface area contributed by atoms with Crippen molar-refractivity contribution in [2.75, 3.05) is 13.1 Å². The maximum Gasteiger partial charge on any atom is 0.165 e. The highest BCUT2D eigenvalue weighted by molar-refractivity contribution is 5.62. The summed E-state index contributed by atoms with van der Waals surface area (Å²) in [6.07, 6.45) is 5.44. The van der Waals surface area contributed by atoms with Crippen LogP contribution in [0.1, 0.15) is 48.8 Å². The molecule has 2 aromatic rings. The standard InChI is InChI=1S/C27H31NO4/c29-20-9-8-19-14-22-27(30)11-10-21(31-16-18-4-2-1-3-5-18)25-26(27,23(19)24(20)32-25)12-13-28(22)15-17-6-7-17/h1-5,8-9,17,21-22,25,29-30H,6-7,10-16H2/t21?,22-,25+,26+,27-/m1/s1. The Kier molecular flexibility index (Phi) is 4.07. The summed E-state index contributed by atoms with van der Waals surface area (Å²) in [6.45, 7) is 2.61. The predicted octanol–water partition coefficient (Wildman–Crippen LogP) is 3.54. The van der Waals surface area contributed by atoms with Gasteiger partial charge >= 0.3 is 0 Å². The lowest BCUT2D eigenvalue weighted by Gasteiger charge is -2.64. The number of hydrogen-bond donors (Lipinski definition) is 2. The molecule has 3 fully saturated rings. The molecule has 2 saturated carbocycles. The molecule has 0 amide bonds. The Morgan fingerprint density at radius 3 is 2.72 bits per heavy atom. The molecule has 2 N–H and O–H groups in total. The number of phenols is 1. The molecule has 2 aromatic carbocycles. The minimum Gasteiger partial charge on any atom is -0.504 e. The zero-order valence-corrected chi connectivity index (χ0v) is 18.4. The summed E-state index contributed by atoms with van der Waals surface area (Å²) in [4.78, 5) is 2.57. The second-order valence-corrected chi connectivity index (χ2v) is 10.7. The Labute approximate surface area is 189 Å². The zero-order valence-electron chi connectivity index (χ0n) is 18.4. The Hall–Kier alpha value is -2.08. The third-order valence-corrected chi connectivity index (χ3v) is 9.02. The van der Waals surface area contributed by atoms with E-state index in [4.69, 9.17) is 9.47 Å². The van der Waals surface area contributed by atoms with Gasteiger partial charge in [0.2, 0.25) is 0 Å². The first-order valence-electron chi connectivity index (χ1n) is 12.2. The summed E-state index contributed by atoms with van der Waals surface area (Å²) in [7, 11) is 0. The molecule has 3 aliphatic carbocycles. The molecule has 0 radical (unpaired) electrons. The van der Waals surface area contributed by atoms with Gasteiger partial charge in [-0.2, -0.15) is 0 Å². The lowest BCUT2D eigenvalue weighted by atomic mass is 9.48. The van der Waals surface area contributed by atoms with Gasteiger partial charge < -0.3 is 19.7 Å². The van der Waals surface area contributed by atoms with Crippen molar-refractivity contribution in [2.45, 2.75) is 74.4 Å². The summed E-state index contributed by atoms with van der Waals surface area (Å²) in [5.41, 5.74) is 2.10. The number of aromatic hydroxyl groups is 1. The van der Waals surface area contributed by atoms with Gasteiger partial charge in [-0.05, 0) is 68.2 Å². The summed E-state index contributed by atoms with van der Waals surface area (Å²) < 4.78 is 13.0. The maximum absolute atomic E-state index is 12.5. The van der Waals surface area contributed by atoms with Crippen LogP contribution in [0.5, 0.6) is 11.5 Å². The van der Waals surface area contributed by atoms with E-state index in [1.54, 1.807) is 6.07 Å². The van der Waals surface area contributed by atoms with Crippen LogP contribution in [0.3, 0.4) is 0 Å². The average Bonchev–Trinajstić information content (AvgIpc) is 3.54. The fraction of sp³-hybridized carbons (Fsp3) is 0.556. The van der Waals surface area contributed by atoms with E-state index in [1.807, 2.05) is 18.2 Å². The fourth-order valence-electron chi connectivity index (χ4n) is 7.38. The Morgan fingerprint density at radius 2 is 1.91 bits per heavy atom. The minimum absolute atomic E-state index is 0.108. The van der Waals surface area contributed by atoms with Crippen LogP contribution >= 0.6 is 0 Å². The third kappa shape index (κ3) is 2.50. The van der Waals surface area contributed by atoms with Gasteiger partial charge in [0.05, 0.1) is 23.7 Å². The quantitative estimate of drug-likeness (QED) is 0.755. The van der Waals surface area contributed by atoms with Crippen molar-refractivity contribution >= 4 is 0 Å². The lowest BCUT2D eigenvalue weighted by molar-refractivity contribution is -0.217. The lowest BCUT2D eigenvalue weighted by Crippen LogP contribution is -2.77. The van der Waals surface area contributed by atoms with E-state index < -0.39 is 11.0 Å². The van der Waals surface area contributed by atoms with Crippen LogP contribution in [-0.4, -0.2) is 52.1 Å². The van der Waals surface area contributed by atoms with Crippen LogP contribution in [0.4, 0.5) is 0 Å². The smallest absolute Gasteiger partial charge is 0.165 e. The first-order chi connectivity index (χ1) is 15.6. The van der Waals surface area contributed by atoms with Crippen LogP contribution in [0.25, 0.3) is 0 Å². The monoisotopic (exact) mass is 433 g/mol.